The molecule has 88 valence electrons. The first-order chi connectivity index (χ1) is 8.29. The minimum absolute atomic E-state index is 0.430. The quantitative estimate of drug-likeness (QED) is 0.779. The van der Waals surface area contributed by atoms with Gasteiger partial charge >= 0.3 is 0 Å². The summed E-state index contributed by atoms with van der Waals surface area (Å²) in [6, 6.07) is 11.5. The Morgan fingerprint density at radius 3 is 2.82 bits per heavy atom. The molecule has 0 fully saturated rings. The van der Waals surface area contributed by atoms with Crippen molar-refractivity contribution in [3.05, 3.63) is 53.3 Å². The molecule has 1 heterocycles. The van der Waals surface area contributed by atoms with E-state index in [4.69, 9.17) is 16.3 Å². The van der Waals surface area contributed by atoms with Crippen LogP contribution in [0.1, 0.15) is 5.69 Å². The number of aromatic nitrogens is 1. The van der Waals surface area contributed by atoms with Gasteiger partial charge in [-0.25, -0.2) is 0 Å². The van der Waals surface area contributed by atoms with Gasteiger partial charge in [0, 0.05) is 11.1 Å². The minimum atomic E-state index is 0.430. The van der Waals surface area contributed by atoms with Gasteiger partial charge in [0.25, 0.3) is 0 Å². The Kier molecular flexibility index (Phi) is 4.29. The zero-order valence-corrected chi connectivity index (χ0v) is 11.0. The molecule has 4 heteroatoms. The van der Waals surface area contributed by atoms with Crippen LogP contribution in [0.15, 0.2) is 47.5 Å². The van der Waals surface area contributed by atoms with Crippen LogP contribution in [0.2, 0.25) is 5.02 Å². The molecule has 0 bridgehead atoms. The number of hydrogen-bond donors (Lipinski definition) is 0. The van der Waals surface area contributed by atoms with Crippen molar-refractivity contribution in [2.45, 2.75) is 11.5 Å². The molecule has 0 radical (unpaired) electrons. The van der Waals surface area contributed by atoms with Crippen LogP contribution >= 0.6 is 23.4 Å². The van der Waals surface area contributed by atoms with E-state index in [1.54, 1.807) is 18.0 Å². The molecule has 0 saturated carbocycles. The lowest BCUT2D eigenvalue weighted by Gasteiger charge is -2.08. The summed E-state index contributed by atoms with van der Waals surface area (Å²) in [5.74, 6) is 0.690. The molecule has 0 aliphatic rings. The van der Waals surface area contributed by atoms with E-state index in [0.29, 0.717) is 17.4 Å². The Morgan fingerprint density at radius 1 is 1.29 bits per heavy atom. The molecular formula is C13H12ClNOS. The fourth-order valence-corrected chi connectivity index (χ4v) is 2.10. The van der Waals surface area contributed by atoms with Crippen LogP contribution in [0, 0.1) is 0 Å². The van der Waals surface area contributed by atoms with E-state index in [-0.39, 0.29) is 0 Å². The zero-order chi connectivity index (χ0) is 12.1. The van der Waals surface area contributed by atoms with Crippen LogP contribution in [-0.2, 0) is 6.61 Å². The average Bonchev–Trinajstić information content (AvgIpc) is 2.38. The van der Waals surface area contributed by atoms with Gasteiger partial charge < -0.3 is 4.74 Å². The monoisotopic (exact) mass is 265 g/mol. The number of nitrogens with zero attached hydrogens (tertiary/aromatic N) is 1. The van der Waals surface area contributed by atoms with Crippen LogP contribution < -0.4 is 4.74 Å². The van der Waals surface area contributed by atoms with Crippen LogP contribution in [0.3, 0.4) is 0 Å². The van der Waals surface area contributed by atoms with Crippen LogP contribution in [0.4, 0.5) is 0 Å². The van der Waals surface area contributed by atoms with Gasteiger partial charge in [-0.15, -0.1) is 11.8 Å². The first-order valence-electron chi connectivity index (χ1n) is 5.16. The van der Waals surface area contributed by atoms with Crippen molar-refractivity contribution in [2.24, 2.45) is 0 Å². The molecule has 0 aliphatic heterocycles. The molecule has 2 nitrogen and oxygen atoms in total. The highest BCUT2D eigenvalue weighted by atomic mass is 35.5. The number of thioether (sulfide) groups is 1. The summed E-state index contributed by atoms with van der Waals surface area (Å²) in [7, 11) is 0. The van der Waals surface area contributed by atoms with Gasteiger partial charge in [-0.3, -0.25) is 4.98 Å². The predicted molar refractivity (Wildman–Crippen MR) is 71.8 cm³/mol. The van der Waals surface area contributed by atoms with E-state index >= 15 is 0 Å². The minimum Gasteiger partial charge on any atom is -0.486 e. The van der Waals surface area contributed by atoms with Crippen molar-refractivity contribution in [2.75, 3.05) is 6.26 Å². The van der Waals surface area contributed by atoms with Crippen molar-refractivity contribution in [3.63, 3.8) is 0 Å². The molecule has 1 aromatic carbocycles. The Hall–Kier alpha value is -1.19. The van der Waals surface area contributed by atoms with Gasteiger partial charge in [0.05, 0.1) is 10.7 Å². The molecule has 0 saturated heterocycles. The second-order valence-corrected chi connectivity index (χ2v) is 4.69. The Labute approximate surface area is 110 Å². The molecular weight excluding hydrogens is 254 g/mol. The topological polar surface area (TPSA) is 22.1 Å². The molecule has 2 aromatic rings. The van der Waals surface area contributed by atoms with E-state index in [2.05, 4.69) is 4.98 Å². The van der Waals surface area contributed by atoms with Gasteiger partial charge in [0.15, 0.2) is 0 Å². The number of ether oxygens (including phenoxy) is 1. The highest BCUT2D eigenvalue weighted by molar-refractivity contribution is 7.98. The summed E-state index contributed by atoms with van der Waals surface area (Å²) in [6.07, 6.45) is 3.76. The number of halogens is 1. The SMILES string of the molecule is CSc1ccc(OCc2ccccn2)c(Cl)c1. The summed E-state index contributed by atoms with van der Waals surface area (Å²) < 4.78 is 5.62. The first-order valence-corrected chi connectivity index (χ1v) is 6.76. The van der Waals surface area contributed by atoms with Crippen molar-refractivity contribution in [3.8, 4) is 5.75 Å². The molecule has 0 atom stereocenters. The number of benzene rings is 1. The molecule has 0 amide bonds. The van der Waals surface area contributed by atoms with E-state index < -0.39 is 0 Å². The fraction of sp³-hybridized carbons (Fsp3) is 0.154. The van der Waals surface area contributed by atoms with Crippen LogP contribution in [-0.4, -0.2) is 11.2 Å². The first kappa shape index (κ1) is 12.3. The van der Waals surface area contributed by atoms with Gasteiger partial charge in [-0.05, 0) is 36.6 Å². The molecule has 2 rings (SSSR count). The van der Waals surface area contributed by atoms with E-state index in [9.17, 15) is 0 Å². The maximum absolute atomic E-state index is 6.12. The lowest BCUT2D eigenvalue weighted by atomic mass is 10.3. The maximum atomic E-state index is 6.12. The van der Waals surface area contributed by atoms with Crippen molar-refractivity contribution >= 4 is 23.4 Å². The van der Waals surface area contributed by atoms with Gasteiger partial charge in [0.1, 0.15) is 12.4 Å². The standard InChI is InChI=1S/C13H12ClNOS/c1-17-11-5-6-13(12(14)8-11)16-9-10-4-2-3-7-15-10/h2-8H,9H2,1H3. The second kappa shape index (κ2) is 5.94. The Bertz CT molecular complexity index is 490. The maximum Gasteiger partial charge on any atom is 0.138 e. The largest absolute Gasteiger partial charge is 0.486 e. The number of pyridine rings is 1. The van der Waals surface area contributed by atoms with Crippen molar-refractivity contribution in [1.82, 2.24) is 4.98 Å². The molecule has 1 aromatic heterocycles. The third-order valence-corrected chi connectivity index (χ3v) is 3.26. The molecule has 0 N–H and O–H groups in total. The molecule has 17 heavy (non-hydrogen) atoms. The normalized spacial score (nSPS) is 10.2. The highest BCUT2D eigenvalue weighted by Crippen LogP contribution is 2.29. The van der Waals surface area contributed by atoms with Crippen molar-refractivity contribution in [1.29, 1.82) is 0 Å². The summed E-state index contributed by atoms with van der Waals surface area (Å²) in [4.78, 5) is 5.31. The van der Waals surface area contributed by atoms with E-state index in [0.717, 1.165) is 10.6 Å². The second-order valence-electron chi connectivity index (χ2n) is 3.41. The smallest absolute Gasteiger partial charge is 0.138 e. The number of hydrogen-bond acceptors (Lipinski definition) is 3. The number of rotatable bonds is 4. The average molecular weight is 266 g/mol. The summed E-state index contributed by atoms with van der Waals surface area (Å²) in [6.45, 7) is 0.430. The molecule has 0 unspecified atom stereocenters. The van der Waals surface area contributed by atoms with Crippen molar-refractivity contribution < 1.29 is 4.74 Å². The highest BCUT2D eigenvalue weighted by Gasteiger charge is 2.03. The Morgan fingerprint density at radius 2 is 2.18 bits per heavy atom. The summed E-state index contributed by atoms with van der Waals surface area (Å²) >= 11 is 7.77. The van der Waals surface area contributed by atoms with Gasteiger partial charge in [-0.2, -0.15) is 0 Å². The molecule has 0 spiro atoms. The Balaban J connectivity index is 2.04. The fourth-order valence-electron chi connectivity index (χ4n) is 1.36. The van der Waals surface area contributed by atoms with Gasteiger partial charge in [0.2, 0.25) is 0 Å². The van der Waals surface area contributed by atoms with E-state index in [1.165, 1.54) is 0 Å². The summed E-state index contributed by atoms with van der Waals surface area (Å²) in [5, 5.41) is 0.632. The third-order valence-electron chi connectivity index (χ3n) is 2.24. The van der Waals surface area contributed by atoms with Gasteiger partial charge in [-0.1, -0.05) is 17.7 Å². The lowest BCUT2D eigenvalue weighted by Crippen LogP contribution is -1.97. The zero-order valence-electron chi connectivity index (χ0n) is 9.39. The summed E-state index contributed by atoms with van der Waals surface area (Å²) in [5.41, 5.74) is 0.887. The predicted octanol–water partition coefficient (Wildman–Crippen LogP) is 4.04. The lowest BCUT2D eigenvalue weighted by molar-refractivity contribution is 0.301. The van der Waals surface area contributed by atoms with E-state index in [1.807, 2.05) is 42.7 Å². The van der Waals surface area contributed by atoms with Crippen LogP contribution in [0.5, 0.6) is 5.75 Å². The molecule has 0 aliphatic carbocycles. The van der Waals surface area contributed by atoms with Crippen LogP contribution in [0.25, 0.3) is 0 Å². The third kappa shape index (κ3) is 3.38.